The fourth-order valence-electron chi connectivity index (χ4n) is 3.22. The lowest BCUT2D eigenvalue weighted by atomic mass is 10.1. The van der Waals surface area contributed by atoms with Crippen molar-refractivity contribution in [2.45, 2.75) is 32.6 Å². The minimum absolute atomic E-state index is 0.00231. The van der Waals surface area contributed by atoms with E-state index in [0.29, 0.717) is 17.9 Å². The highest BCUT2D eigenvalue weighted by atomic mass is 16.2. The Morgan fingerprint density at radius 1 is 1.40 bits per heavy atom. The Kier molecular flexibility index (Phi) is 3.47. The summed E-state index contributed by atoms with van der Waals surface area (Å²) in [5.41, 5.74) is 2.39. The van der Waals surface area contributed by atoms with E-state index in [1.165, 1.54) is 19.3 Å². The second kappa shape index (κ2) is 5.27. The van der Waals surface area contributed by atoms with Gasteiger partial charge in [-0.2, -0.15) is 0 Å². The molecular weight excluding hydrogens is 252 g/mol. The number of nitrogens with one attached hydrogen (secondary N) is 2. The number of amides is 2. The number of rotatable bonds is 3. The maximum absolute atomic E-state index is 12.1. The fourth-order valence-corrected chi connectivity index (χ4v) is 3.22. The SMILES string of the molecule is CC1CCC(CNC(=O)c2ccc3c(c2)CC(=O)N3)C1. The van der Waals surface area contributed by atoms with Gasteiger partial charge in [0.05, 0.1) is 6.42 Å². The first-order chi connectivity index (χ1) is 9.61. The van der Waals surface area contributed by atoms with Crippen LogP contribution in [0.15, 0.2) is 18.2 Å². The topological polar surface area (TPSA) is 58.2 Å². The molecule has 4 nitrogen and oxygen atoms in total. The molecule has 0 spiro atoms. The zero-order valence-electron chi connectivity index (χ0n) is 11.7. The van der Waals surface area contributed by atoms with E-state index in [1.807, 2.05) is 12.1 Å². The van der Waals surface area contributed by atoms with Crippen molar-refractivity contribution in [3.05, 3.63) is 29.3 Å². The Balaban J connectivity index is 1.60. The standard InChI is InChI=1S/C16H20N2O2/c1-10-2-3-11(6-10)9-17-16(20)12-4-5-14-13(7-12)8-15(19)18-14/h4-5,7,10-11H,2-3,6,8-9H2,1H3,(H,17,20)(H,18,19). The Morgan fingerprint density at radius 3 is 3.00 bits per heavy atom. The number of hydrogen-bond donors (Lipinski definition) is 2. The van der Waals surface area contributed by atoms with Gasteiger partial charge in [0.25, 0.3) is 5.91 Å². The molecule has 2 N–H and O–H groups in total. The van der Waals surface area contributed by atoms with E-state index in [1.54, 1.807) is 6.07 Å². The lowest BCUT2D eigenvalue weighted by molar-refractivity contribution is -0.115. The molecule has 2 amide bonds. The summed E-state index contributed by atoms with van der Waals surface area (Å²) in [5, 5.41) is 5.79. The molecule has 2 aliphatic rings. The highest BCUT2D eigenvalue weighted by Crippen LogP contribution is 2.29. The number of carbonyl (C=O) groups is 2. The molecule has 0 aromatic heterocycles. The highest BCUT2D eigenvalue weighted by Gasteiger charge is 2.22. The van der Waals surface area contributed by atoms with Crippen LogP contribution in [0.5, 0.6) is 0 Å². The third-order valence-corrected chi connectivity index (χ3v) is 4.35. The Morgan fingerprint density at radius 2 is 2.25 bits per heavy atom. The quantitative estimate of drug-likeness (QED) is 0.887. The van der Waals surface area contributed by atoms with Crippen LogP contribution in [0.25, 0.3) is 0 Å². The van der Waals surface area contributed by atoms with Crippen molar-refractivity contribution in [2.75, 3.05) is 11.9 Å². The van der Waals surface area contributed by atoms with Gasteiger partial charge in [0.15, 0.2) is 0 Å². The van der Waals surface area contributed by atoms with E-state index < -0.39 is 0 Å². The summed E-state index contributed by atoms with van der Waals surface area (Å²) in [7, 11) is 0. The number of benzene rings is 1. The average Bonchev–Trinajstić information content (AvgIpc) is 2.99. The van der Waals surface area contributed by atoms with Crippen molar-refractivity contribution in [1.29, 1.82) is 0 Å². The smallest absolute Gasteiger partial charge is 0.251 e. The van der Waals surface area contributed by atoms with Crippen LogP contribution < -0.4 is 10.6 Å². The van der Waals surface area contributed by atoms with Gasteiger partial charge in [-0.3, -0.25) is 9.59 Å². The van der Waals surface area contributed by atoms with Crippen molar-refractivity contribution in [2.24, 2.45) is 11.8 Å². The van der Waals surface area contributed by atoms with Crippen LogP contribution in [0, 0.1) is 11.8 Å². The average molecular weight is 272 g/mol. The molecule has 1 heterocycles. The van der Waals surface area contributed by atoms with Gasteiger partial charge in [-0.1, -0.05) is 13.3 Å². The van der Waals surface area contributed by atoms with E-state index in [0.717, 1.165) is 23.7 Å². The van der Waals surface area contributed by atoms with Crippen LogP contribution in [-0.4, -0.2) is 18.4 Å². The van der Waals surface area contributed by atoms with E-state index in [4.69, 9.17) is 0 Å². The summed E-state index contributed by atoms with van der Waals surface area (Å²) in [6, 6.07) is 5.41. The fraction of sp³-hybridized carbons (Fsp3) is 0.500. The van der Waals surface area contributed by atoms with Crippen molar-refractivity contribution in [3.63, 3.8) is 0 Å². The molecule has 3 rings (SSSR count). The molecule has 0 saturated heterocycles. The van der Waals surface area contributed by atoms with Gasteiger partial charge in [-0.05, 0) is 48.4 Å². The zero-order chi connectivity index (χ0) is 14.1. The van der Waals surface area contributed by atoms with Crippen LogP contribution in [0.4, 0.5) is 5.69 Å². The Hall–Kier alpha value is -1.84. The summed E-state index contributed by atoms with van der Waals surface area (Å²) < 4.78 is 0. The molecular formula is C16H20N2O2. The number of anilines is 1. The van der Waals surface area contributed by atoms with Crippen molar-refractivity contribution in [3.8, 4) is 0 Å². The lowest BCUT2D eigenvalue weighted by Gasteiger charge is -2.11. The van der Waals surface area contributed by atoms with Crippen LogP contribution in [-0.2, 0) is 11.2 Å². The third-order valence-electron chi connectivity index (χ3n) is 4.35. The van der Waals surface area contributed by atoms with Crippen LogP contribution in [0.2, 0.25) is 0 Å². The summed E-state index contributed by atoms with van der Waals surface area (Å²) in [6.45, 7) is 3.03. The van der Waals surface area contributed by atoms with Gasteiger partial charge in [-0.15, -0.1) is 0 Å². The van der Waals surface area contributed by atoms with E-state index >= 15 is 0 Å². The minimum Gasteiger partial charge on any atom is -0.352 e. The lowest BCUT2D eigenvalue weighted by Crippen LogP contribution is -2.28. The largest absolute Gasteiger partial charge is 0.352 e. The predicted molar refractivity (Wildman–Crippen MR) is 77.6 cm³/mol. The van der Waals surface area contributed by atoms with Gasteiger partial charge >= 0.3 is 0 Å². The number of fused-ring (bicyclic) bond motifs is 1. The number of hydrogen-bond acceptors (Lipinski definition) is 2. The monoisotopic (exact) mass is 272 g/mol. The molecule has 20 heavy (non-hydrogen) atoms. The number of carbonyl (C=O) groups excluding carboxylic acids is 2. The molecule has 0 bridgehead atoms. The van der Waals surface area contributed by atoms with Crippen LogP contribution in [0.3, 0.4) is 0 Å². The van der Waals surface area contributed by atoms with Crippen molar-refractivity contribution >= 4 is 17.5 Å². The normalized spacial score (nSPS) is 24.4. The molecule has 1 aliphatic heterocycles. The van der Waals surface area contributed by atoms with E-state index in [2.05, 4.69) is 17.6 Å². The van der Waals surface area contributed by atoms with Crippen LogP contribution >= 0.6 is 0 Å². The van der Waals surface area contributed by atoms with E-state index in [9.17, 15) is 9.59 Å². The molecule has 1 aromatic rings. The molecule has 1 saturated carbocycles. The maximum atomic E-state index is 12.1. The van der Waals surface area contributed by atoms with Gasteiger partial charge in [0, 0.05) is 17.8 Å². The first kappa shape index (κ1) is 13.2. The van der Waals surface area contributed by atoms with E-state index in [-0.39, 0.29) is 11.8 Å². The van der Waals surface area contributed by atoms with Gasteiger partial charge in [0.2, 0.25) is 5.91 Å². The molecule has 0 radical (unpaired) electrons. The maximum Gasteiger partial charge on any atom is 0.251 e. The second-order valence-corrected chi connectivity index (χ2v) is 6.09. The predicted octanol–water partition coefficient (Wildman–Crippen LogP) is 2.35. The highest BCUT2D eigenvalue weighted by molar-refractivity contribution is 6.01. The molecule has 2 unspecified atom stereocenters. The Bertz CT molecular complexity index is 553. The molecule has 4 heteroatoms. The van der Waals surface area contributed by atoms with Crippen molar-refractivity contribution in [1.82, 2.24) is 5.32 Å². The molecule has 2 atom stereocenters. The Labute approximate surface area is 118 Å². The molecule has 106 valence electrons. The first-order valence-corrected chi connectivity index (χ1v) is 7.33. The summed E-state index contributed by atoms with van der Waals surface area (Å²) in [6.07, 6.45) is 4.07. The van der Waals surface area contributed by atoms with Crippen LogP contribution in [0.1, 0.15) is 42.1 Å². The molecule has 1 aliphatic carbocycles. The molecule has 1 fully saturated rings. The second-order valence-electron chi connectivity index (χ2n) is 6.09. The van der Waals surface area contributed by atoms with Gasteiger partial charge < -0.3 is 10.6 Å². The third kappa shape index (κ3) is 2.69. The molecule has 1 aromatic carbocycles. The summed E-state index contributed by atoms with van der Waals surface area (Å²) in [4.78, 5) is 23.4. The summed E-state index contributed by atoms with van der Waals surface area (Å²) in [5.74, 6) is 1.37. The first-order valence-electron chi connectivity index (χ1n) is 7.33. The summed E-state index contributed by atoms with van der Waals surface area (Å²) >= 11 is 0. The minimum atomic E-state index is -0.0355. The zero-order valence-corrected chi connectivity index (χ0v) is 11.7. The van der Waals surface area contributed by atoms with Gasteiger partial charge in [-0.25, -0.2) is 0 Å². The van der Waals surface area contributed by atoms with Crippen molar-refractivity contribution < 1.29 is 9.59 Å². The van der Waals surface area contributed by atoms with Gasteiger partial charge in [0.1, 0.15) is 0 Å².